The van der Waals surface area contributed by atoms with Crippen LogP contribution in [-0.2, 0) is 6.42 Å². The number of nitrogens with zero attached hydrogens (tertiary/aromatic N) is 2. The predicted octanol–water partition coefficient (Wildman–Crippen LogP) is 2.85. The van der Waals surface area contributed by atoms with Crippen LogP contribution in [0.4, 0.5) is 0 Å². The summed E-state index contributed by atoms with van der Waals surface area (Å²) in [6, 6.07) is 8.51. The molecule has 1 heterocycles. The molecule has 5 heteroatoms. The Kier molecular flexibility index (Phi) is 4.41. The molecule has 1 aliphatic carbocycles. The van der Waals surface area contributed by atoms with Crippen molar-refractivity contribution >= 4 is 11.8 Å². The molecule has 0 spiro atoms. The molecule has 4 nitrogen and oxygen atoms in total. The fourth-order valence-electron chi connectivity index (χ4n) is 2.83. The molecule has 0 amide bonds. The Morgan fingerprint density at radius 3 is 2.81 bits per heavy atom. The minimum Gasteiger partial charge on any atom is -0.497 e. The normalized spacial score (nSPS) is 20.9. The van der Waals surface area contributed by atoms with Crippen molar-refractivity contribution in [3.8, 4) is 5.75 Å². The molecule has 0 radical (unpaired) electrons. The van der Waals surface area contributed by atoms with Crippen LogP contribution in [0.3, 0.4) is 0 Å². The molecule has 0 fully saturated rings. The third kappa shape index (κ3) is 3.04. The Balaban J connectivity index is 1.87. The van der Waals surface area contributed by atoms with Crippen LogP contribution in [-0.4, -0.2) is 29.4 Å². The van der Waals surface area contributed by atoms with E-state index in [2.05, 4.69) is 27.4 Å². The monoisotopic (exact) mass is 301 g/mol. The van der Waals surface area contributed by atoms with Gasteiger partial charge in [0.15, 0.2) is 5.16 Å². The number of aryl methyl sites for hydroxylation is 1. The number of thioether (sulfide) groups is 1. The van der Waals surface area contributed by atoms with Gasteiger partial charge in [0.1, 0.15) is 5.75 Å². The van der Waals surface area contributed by atoms with Crippen molar-refractivity contribution in [3.63, 3.8) is 0 Å². The average molecular weight is 301 g/mol. The number of methoxy groups -OCH3 is 1. The van der Waals surface area contributed by atoms with Gasteiger partial charge < -0.3 is 10.1 Å². The first-order valence-electron chi connectivity index (χ1n) is 7.09. The van der Waals surface area contributed by atoms with Crippen molar-refractivity contribution in [2.24, 2.45) is 0 Å². The van der Waals surface area contributed by atoms with E-state index in [4.69, 9.17) is 4.74 Å². The second kappa shape index (κ2) is 6.45. The topological polar surface area (TPSA) is 47.0 Å². The molecule has 2 unspecified atom stereocenters. The molecule has 2 atom stereocenters. The highest BCUT2D eigenvalue weighted by atomic mass is 32.2. The molecule has 0 saturated carbocycles. The lowest BCUT2D eigenvalue weighted by Crippen LogP contribution is -2.32. The van der Waals surface area contributed by atoms with E-state index in [-0.39, 0.29) is 6.04 Å². The summed E-state index contributed by atoms with van der Waals surface area (Å²) in [7, 11) is 3.72. The maximum absolute atomic E-state index is 5.37. The quantitative estimate of drug-likeness (QED) is 0.880. The van der Waals surface area contributed by atoms with E-state index in [9.17, 15) is 0 Å². The van der Waals surface area contributed by atoms with Gasteiger partial charge in [0, 0.05) is 23.7 Å². The van der Waals surface area contributed by atoms with Gasteiger partial charge in [-0.1, -0.05) is 17.8 Å². The zero-order chi connectivity index (χ0) is 14.7. The highest BCUT2D eigenvalue weighted by Crippen LogP contribution is 2.40. The SMILES string of the molecule is CNC1c2cc(OC)ccc2CCC1Sc1ncccn1. The lowest BCUT2D eigenvalue weighted by atomic mass is 9.87. The summed E-state index contributed by atoms with van der Waals surface area (Å²) in [6.07, 6.45) is 5.79. The number of aromatic nitrogens is 2. The van der Waals surface area contributed by atoms with Crippen LogP contribution in [0, 0.1) is 0 Å². The average Bonchev–Trinajstić information content (AvgIpc) is 2.55. The summed E-state index contributed by atoms with van der Waals surface area (Å²) < 4.78 is 5.37. The van der Waals surface area contributed by atoms with Crippen LogP contribution in [0.5, 0.6) is 5.75 Å². The van der Waals surface area contributed by atoms with E-state index < -0.39 is 0 Å². The van der Waals surface area contributed by atoms with E-state index >= 15 is 0 Å². The van der Waals surface area contributed by atoms with Crippen LogP contribution < -0.4 is 10.1 Å². The third-order valence-electron chi connectivity index (χ3n) is 3.87. The zero-order valence-electron chi connectivity index (χ0n) is 12.2. The van der Waals surface area contributed by atoms with Gasteiger partial charge in [-0.2, -0.15) is 0 Å². The first kappa shape index (κ1) is 14.4. The molecule has 0 bridgehead atoms. The molecule has 1 aromatic heterocycles. The molecule has 21 heavy (non-hydrogen) atoms. The molecule has 3 rings (SSSR count). The maximum Gasteiger partial charge on any atom is 0.187 e. The van der Waals surface area contributed by atoms with Crippen molar-refractivity contribution in [2.45, 2.75) is 29.3 Å². The van der Waals surface area contributed by atoms with Gasteiger partial charge >= 0.3 is 0 Å². The minimum atomic E-state index is 0.289. The molecule has 0 saturated heterocycles. The molecule has 110 valence electrons. The first-order valence-corrected chi connectivity index (χ1v) is 7.97. The van der Waals surface area contributed by atoms with E-state index in [1.54, 1.807) is 31.3 Å². The largest absolute Gasteiger partial charge is 0.497 e. The van der Waals surface area contributed by atoms with E-state index in [1.165, 1.54) is 11.1 Å². The number of nitrogens with one attached hydrogen (secondary N) is 1. The van der Waals surface area contributed by atoms with E-state index in [0.717, 1.165) is 23.7 Å². The molecular weight excluding hydrogens is 282 g/mol. The fraction of sp³-hybridized carbons (Fsp3) is 0.375. The maximum atomic E-state index is 5.37. The van der Waals surface area contributed by atoms with Crippen molar-refractivity contribution < 1.29 is 4.74 Å². The van der Waals surface area contributed by atoms with Crippen molar-refractivity contribution in [1.82, 2.24) is 15.3 Å². The van der Waals surface area contributed by atoms with Gasteiger partial charge in [0.05, 0.1) is 7.11 Å². The standard InChI is InChI=1S/C16H19N3OS/c1-17-15-13-10-12(20-2)6-4-11(13)5-7-14(15)21-16-18-8-3-9-19-16/h3-4,6,8-10,14-15,17H,5,7H2,1-2H3. The predicted molar refractivity (Wildman–Crippen MR) is 84.8 cm³/mol. The smallest absolute Gasteiger partial charge is 0.187 e. The van der Waals surface area contributed by atoms with Crippen LogP contribution in [0.25, 0.3) is 0 Å². The van der Waals surface area contributed by atoms with Crippen molar-refractivity contribution in [3.05, 3.63) is 47.8 Å². The van der Waals surface area contributed by atoms with Crippen molar-refractivity contribution in [2.75, 3.05) is 14.2 Å². The lowest BCUT2D eigenvalue weighted by Gasteiger charge is -2.32. The highest BCUT2D eigenvalue weighted by Gasteiger charge is 2.30. The van der Waals surface area contributed by atoms with Gasteiger partial charge in [-0.3, -0.25) is 0 Å². The molecule has 1 aromatic carbocycles. The van der Waals surface area contributed by atoms with Gasteiger partial charge in [-0.15, -0.1) is 0 Å². The van der Waals surface area contributed by atoms with Crippen LogP contribution in [0.1, 0.15) is 23.6 Å². The van der Waals surface area contributed by atoms with E-state index in [0.29, 0.717) is 5.25 Å². The number of ether oxygens (including phenoxy) is 1. The van der Waals surface area contributed by atoms with Gasteiger partial charge in [-0.25, -0.2) is 9.97 Å². The van der Waals surface area contributed by atoms with E-state index in [1.807, 2.05) is 19.2 Å². The Hall–Kier alpha value is -1.59. The fourth-order valence-corrected chi connectivity index (χ4v) is 4.00. The summed E-state index contributed by atoms with van der Waals surface area (Å²) in [6.45, 7) is 0. The van der Waals surface area contributed by atoms with Crippen LogP contribution in [0.2, 0.25) is 0 Å². The lowest BCUT2D eigenvalue weighted by molar-refractivity contribution is 0.411. The number of rotatable bonds is 4. The number of fused-ring (bicyclic) bond motifs is 1. The van der Waals surface area contributed by atoms with Gasteiger partial charge in [0.2, 0.25) is 0 Å². The number of hydrogen-bond donors (Lipinski definition) is 1. The second-order valence-corrected chi connectivity index (χ2v) is 6.26. The molecular formula is C16H19N3OS. The molecule has 1 N–H and O–H groups in total. The molecule has 1 aliphatic rings. The summed E-state index contributed by atoms with van der Waals surface area (Å²) in [4.78, 5) is 8.66. The molecule has 2 aromatic rings. The Morgan fingerprint density at radius 1 is 1.29 bits per heavy atom. The Bertz CT molecular complexity index is 606. The minimum absolute atomic E-state index is 0.289. The van der Waals surface area contributed by atoms with Gasteiger partial charge in [-0.05, 0) is 49.2 Å². The van der Waals surface area contributed by atoms with Crippen LogP contribution >= 0.6 is 11.8 Å². The number of benzene rings is 1. The van der Waals surface area contributed by atoms with Gasteiger partial charge in [0.25, 0.3) is 0 Å². The van der Waals surface area contributed by atoms with Crippen molar-refractivity contribution in [1.29, 1.82) is 0 Å². The zero-order valence-corrected chi connectivity index (χ0v) is 13.1. The summed E-state index contributed by atoms with van der Waals surface area (Å²) in [5, 5.41) is 4.72. The highest BCUT2D eigenvalue weighted by molar-refractivity contribution is 7.99. The molecule has 0 aliphatic heterocycles. The Morgan fingerprint density at radius 2 is 2.10 bits per heavy atom. The number of hydrogen-bond acceptors (Lipinski definition) is 5. The van der Waals surface area contributed by atoms with Crippen LogP contribution in [0.15, 0.2) is 41.8 Å². The first-order chi connectivity index (χ1) is 10.3. The second-order valence-electron chi connectivity index (χ2n) is 5.06. The third-order valence-corrected chi connectivity index (χ3v) is 5.10. The summed E-state index contributed by atoms with van der Waals surface area (Å²) in [5.74, 6) is 0.913. The summed E-state index contributed by atoms with van der Waals surface area (Å²) >= 11 is 1.75. The Labute approximate surface area is 129 Å². The summed E-state index contributed by atoms with van der Waals surface area (Å²) in [5.41, 5.74) is 2.73.